The molecule has 0 atom stereocenters. The number of nitrogens with one attached hydrogen (secondary N) is 2. The van der Waals surface area contributed by atoms with Crippen LogP contribution in [0.15, 0.2) is 36.4 Å². The number of carbonyl (C=O) groups excluding carboxylic acids is 2. The molecule has 0 spiro atoms. The third kappa shape index (κ3) is 6.23. The molecule has 0 aromatic heterocycles. The van der Waals surface area contributed by atoms with Gasteiger partial charge in [0, 0.05) is 30.1 Å². The summed E-state index contributed by atoms with van der Waals surface area (Å²) >= 11 is 0. The second kappa shape index (κ2) is 7.88. The third-order valence-corrected chi connectivity index (χ3v) is 2.22. The van der Waals surface area contributed by atoms with Crippen LogP contribution in [0.4, 0.5) is 11.4 Å². The normalized spacial score (nSPS) is 10.4. The molecule has 0 bridgehead atoms. The number of nitrogen functional groups attached to an aromatic ring is 1. The first-order valence-electron chi connectivity index (χ1n) is 5.94. The lowest BCUT2D eigenvalue weighted by Gasteiger charge is -2.03. The van der Waals surface area contributed by atoms with Crippen molar-refractivity contribution in [1.29, 1.82) is 0 Å². The number of anilines is 2. The Morgan fingerprint density at radius 1 is 1.21 bits per heavy atom. The molecule has 1 aromatic carbocycles. The van der Waals surface area contributed by atoms with Crippen molar-refractivity contribution >= 4 is 23.2 Å². The van der Waals surface area contributed by atoms with E-state index in [1.54, 1.807) is 24.3 Å². The fourth-order valence-corrected chi connectivity index (χ4v) is 1.32. The average molecular weight is 262 g/mol. The molecule has 0 saturated carbocycles. The summed E-state index contributed by atoms with van der Waals surface area (Å²) in [6, 6.07) is 6.79. The zero-order chi connectivity index (χ0) is 14.1. The van der Waals surface area contributed by atoms with Crippen molar-refractivity contribution in [1.82, 2.24) is 5.32 Å². The van der Waals surface area contributed by atoms with Gasteiger partial charge in [0.1, 0.15) is 0 Å². The van der Waals surface area contributed by atoms with Crippen molar-refractivity contribution in [3.05, 3.63) is 36.4 Å². The smallest absolute Gasteiger partial charge is 0.248 e. The van der Waals surface area contributed by atoms with Gasteiger partial charge in [-0.2, -0.15) is 0 Å². The molecule has 0 radical (unpaired) electrons. The highest BCUT2D eigenvalue weighted by atomic mass is 16.2. The van der Waals surface area contributed by atoms with Crippen molar-refractivity contribution < 1.29 is 9.59 Å². The van der Waals surface area contributed by atoms with Crippen LogP contribution < -0.4 is 22.1 Å². The minimum atomic E-state index is -0.389. The van der Waals surface area contributed by atoms with Gasteiger partial charge in [-0.3, -0.25) is 9.59 Å². The Hall–Kier alpha value is -2.34. The maximum absolute atomic E-state index is 11.5. The molecular formula is C13H18N4O2. The van der Waals surface area contributed by atoms with E-state index in [0.717, 1.165) is 0 Å². The first kappa shape index (κ1) is 14.7. The standard InChI is InChI=1S/C13H18N4O2/c14-7-2-8-16-12(18)5-6-13(19)17-11-4-1-3-10(15)9-11/h1,3-6,9H,2,7-8,14-15H2,(H,16,18)(H,17,19)/b6-5-. The number of carbonyl (C=O) groups is 2. The lowest BCUT2D eigenvalue weighted by atomic mass is 10.3. The van der Waals surface area contributed by atoms with Crippen LogP contribution in [0.25, 0.3) is 0 Å². The molecule has 0 aliphatic heterocycles. The molecule has 6 N–H and O–H groups in total. The molecule has 0 aliphatic carbocycles. The summed E-state index contributed by atoms with van der Waals surface area (Å²) in [5.41, 5.74) is 12.0. The predicted octanol–water partition coefficient (Wildman–Crippen LogP) is 0.228. The Morgan fingerprint density at radius 3 is 2.63 bits per heavy atom. The third-order valence-electron chi connectivity index (χ3n) is 2.22. The molecular weight excluding hydrogens is 244 g/mol. The quantitative estimate of drug-likeness (QED) is 0.334. The number of amides is 2. The van der Waals surface area contributed by atoms with Gasteiger partial charge in [-0.15, -0.1) is 0 Å². The Morgan fingerprint density at radius 2 is 1.95 bits per heavy atom. The first-order chi connectivity index (χ1) is 9.11. The highest BCUT2D eigenvalue weighted by Gasteiger charge is 1.99. The number of hydrogen-bond acceptors (Lipinski definition) is 4. The summed E-state index contributed by atoms with van der Waals surface area (Å²) in [6.07, 6.45) is 3.05. The van der Waals surface area contributed by atoms with E-state index in [1.807, 2.05) is 0 Å². The van der Waals surface area contributed by atoms with Gasteiger partial charge in [-0.05, 0) is 31.2 Å². The van der Waals surface area contributed by atoms with Gasteiger partial charge < -0.3 is 22.1 Å². The summed E-state index contributed by atoms with van der Waals surface area (Å²) in [6.45, 7) is 1.01. The molecule has 1 aromatic rings. The van der Waals surface area contributed by atoms with Crippen LogP contribution >= 0.6 is 0 Å². The molecule has 19 heavy (non-hydrogen) atoms. The molecule has 0 fully saturated rings. The minimum Gasteiger partial charge on any atom is -0.399 e. The maximum atomic E-state index is 11.5. The van der Waals surface area contributed by atoms with Crippen LogP contribution in [0.5, 0.6) is 0 Å². The van der Waals surface area contributed by atoms with Gasteiger partial charge in [-0.1, -0.05) is 6.07 Å². The highest BCUT2D eigenvalue weighted by molar-refractivity contribution is 6.03. The molecule has 0 aliphatic rings. The summed E-state index contributed by atoms with van der Waals surface area (Å²) in [7, 11) is 0. The lowest BCUT2D eigenvalue weighted by molar-refractivity contribution is -0.117. The van der Waals surface area contributed by atoms with E-state index in [4.69, 9.17) is 11.5 Å². The Labute approximate surface area is 111 Å². The van der Waals surface area contributed by atoms with E-state index in [9.17, 15) is 9.59 Å². The van der Waals surface area contributed by atoms with E-state index in [1.165, 1.54) is 12.2 Å². The SMILES string of the molecule is NCCCNC(=O)/C=C\C(=O)Nc1cccc(N)c1. The molecule has 6 heteroatoms. The highest BCUT2D eigenvalue weighted by Crippen LogP contribution is 2.11. The van der Waals surface area contributed by atoms with E-state index < -0.39 is 0 Å². The average Bonchev–Trinajstić information content (AvgIpc) is 2.37. The largest absolute Gasteiger partial charge is 0.399 e. The summed E-state index contributed by atoms with van der Waals surface area (Å²) < 4.78 is 0. The fourth-order valence-electron chi connectivity index (χ4n) is 1.32. The van der Waals surface area contributed by atoms with Gasteiger partial charge >= 0.3 is 0 Å². The van der Waals surface area contributed by atoms with Crippen LogP contribution in [-0.4, -0.2) is 24.9 Å². The van der Waals surface area contributed by atoms with Gasteiger partial charge in [-0.25, -0.2) is 0 Å². The number of benzene rings is 1. The van der Waals surface area contributed by atoms with Gasteiger partial charge in [0.05, 0.1) is 0 Å². The van der Waals surface area contributed by atoms with E-state index in [-0.39, 0.29) is 11.8 Å². The molecule has 102 valence electrons. The van der Waals surface area contributed by atoms with Gasteiger partial charge in [0.15, 0.2) is 0 Å². The molecule has 6 nitrogen and oxygen atoms in total. The molecule has 0 unspecified atom stereocenters. The molecule has 2 amide bonds. The van der Waals surface area contributed by atoms with E-state index in [0.29, 0.717) is 30.9 Å². The van der Waals surface area contributed by atoms with Gasteiger partial charge in [0.2, 0.25) is 11.8 Å². The Kier molecular flexibility index (Phi) is 6.11. The van der Waals surface area contributed by atoms with Crippen LogP contribution in [-0.2, 0) is 9.59 Å². The summed E-state index contributed by atoms with van der Waals surface area (Å²) in [5.74, 6) is -0.712. The molecule has 0 saturated heterocycles. The van der Waals surface area contributed by atoms with Gasteiger partial charge in [0.25, 0.3) is 0 Å². The van der Waals surface area contributed by atoms with Crippen molar-refractivity contribution in [2.75, 3.05) is 24.1 Å². The monoisotopic (exact) mass is 262 g/mol. The predicted molar refractivity (Wildman–Crippen MR) is 75.3 cm³/mol. The Bertz CT molecular complexity index is 471. The fraction of sp³-hybridized carbons (Fsp3) is 0.231. The first-order valence-corrected chi connectivity index (χ1v) is 5.94. The number of hydrogen-bond donors (Lipinski definition) is 4. The van der Waals surface area contributed by atoms with Crippen LogP contribution in [0.3, 0.4) is 0 Å². The molecule has 1 rings (SSSR count). The minimum absolute atomic E-state index is 0.323. The zero-order valence-electron chi connectivity index (χ0n) is 10.6. The van der Waals surface area contributed by atoms with Crippen molar-refractivity contribution in [2.24, 2.45) is 5.73 Å². The lowest BCUT2D eigenvalue weighted by Crippen LogP contribution is -2.24. The summed E-state index contributed by atoms with van der Waals surface area (Å²) in [4.78, 5) is 22.8. The van der Waals surface area contributed by atoms with Crippen molar-refractivity contribution in [3.8, 4) is 0 Å². The van der Waals surface area contributed by atoms with Crippen LogP contribution in [0.1, 0.15) is 6.42 Å². The zero-order valence-corrected chi connectivity index (χ0v) is 10.6. The maximum Gasteiger partial charge on any atom is 0.248 e. The summed E-state index contributed by atoms with van der Waals surface area (Å²) in [5, 5.41) is 5.21. The van der Waals surface area contributed by atoms with E-state index in [2.05, 4.69) is 10.6 Å². The number of rotatable bonds is 6. The second-order valence-electron chi connectivity index (χ2n) is 3.88. The molecule has 0 heterocycles. The van der Waals surface area contributed by atoms with Crippen LogP contribution in [0, 0.1) is 0 Å². The van der Waals surface area contributed by atoms with E-state index >= 15 is 0 Å². The number of nitrogens with two attached hydrogens (primary N) is 2. The van der Waals surface area contributed by atoms with Crippen LogP contribution in [0.2, 0.25) is 0 Å². The Balaban J connectivity index is 2.40. The van der Waals surface area contributed by atoms with Crippen molar-refractivity contribution in [2.45, 2.75) is 6.42 Å². The topological polar surface area (TPSA) is 110 Å². The second-order valence-corrected chi connectivity index (χ2v) is 3.88. The van der Waals surface area contributed by atoms with Crippen molar-refractivity contribution in [3.63, 3.8) is 0 Å².